The van der Waals surface area contributed by atoms with Gasteiger partial charge < -0.3 is 4.98 Å². The number of nitro groups is 1. The lowest BCUT2D eigenvalue weighted by Gasteiger charge is -1.93. The molecular weight excluding hydrogens is 241 g/mol. The van der Waals surface area contributed by atoms with Gasteiger partial charge in [0.25, 0.3) is 5.69 Å². The van der Waals surface area contributed by atoms with E-state index in [1.807, 2.05) is 0 Å². The zero-order valence-electron chi connectivity index (χ0n) is 7.33. The molecule has 0 atom stereocenters. The van der Waals surface area contributed by atoms with Crippen LogP contribution < -0.4 is 0 Å². The molecular formula is C8H5Cl2N3O2. The predicted molar refractivity (Wildman–Crippen MR) is 57.3 cm³/mol. The predicted octanol–water partition coefficient (Wildman–Crippen LogP) is 2.86. The molecule has 5 nitrogen and oxygen atoms in total. The van der Waals surface area contributed by atoms with E-state index >= 15 is 0 Å². The number of hydrogen-bond acceptors (Lipinski definition) is 3. The van der Waals surface area contributed by atoms with Crippen LogP contribution in [0, 0.1) is 10.1 Å². The van der Waals surface area contributed by atoms with E-state index in [1.165, 1.54) is 12.1 Å². The van der Waals surface area contributed by atoms with Crippen molar-refractivity contribution in [3.8, 4) is 0 Å². The Hall–Kier alpha value is -1.33. The summed E-state index contributed by atoms with van der Waals surface area (Å²) in [7, 11) is 0. The Balaban J connectivity index is 2.68. The minimum absolute atomic E-state index is 0.0696. The average molecular weight is 246 g/mol. The number of halogens is 2. The van der Waals surface area contributed by atoms with E-state index in [4.69, 9.17) is 23.2 Å². The normalized spacial score (nSPS) is 10.8. The lowest BCUT2D eigenvalue weighted by molar-refractivity contribution is -0.384. The number of aromatic amines is 1. The van der Waals surface area contributed by atoms with Crippen LogP contribution in [0.2, 0.25) is 5.02 Å². The second kappa shape index (κ2) is 3.67. The van der Waals surface area contributed by atoms with Crippen LogP contribution in [-0.2, 0) is 5.88 Å². The number of rotatable bonds is 2. The largest absolute Gasteiger partial charge is 0.341 e. The van der Waals surface area contributed by atoms with Crippen molar-refractivity contribution in [3.63, 3.8) is 0 Å². The van der Waals surface area contributed by atoms with E-state index in [9.17, 15) is 10.1 Å². The van der Waals surface area contributed by atoms with Crippen LogP contribution in [-0.4, -0.2) is 14.9 Å². The lowest BCUT2D eigenvalue weighted by atomic mass is 10.3. The van der Waals surface area contributed by atoms with Crippen LogP contribution in [0.3, 0.4) is 0 Å². The lowest BCUT2D eigenvalue weighted by Crippen LogP contribution is -1.88. The maximum absolute atomic E-state index is 10.6. The quantitative estimate of drug-likeness (QED) is 0.503. The van der Waals surface area contributed by atoms with Crippen LogP contribution in [0.15, 0.2) is 12.1 Å². The molecule has 0 radical (unpaired) electrons. The summed E-state index contributed by atoms with van der Waals surface area (Å²) in [5, 5.41) is 10.7. The first-order valence-corrected chi connectivity index (χ1v) is 4.91. The van der Waals surface area contributed by atoms with Gasteiger partial charge in [0.15, 0.2) is 0 Å². The van der Waals surface area contributed by atoms with Gasteiger partial charge in [-0.3, -0.25) is 10.1 Å². The molecule has 0 saturated heterocycles. The fourth-order valence-corrected chi connectivity index (χ4v) is 1.63. The second-order valence-electron chi connectivity index (χ2n) is 2.90. The number of alkyl halides is 1. The summed E-state index contributed by atoms with van der Waals surface area (Å²) in [4.78, 5) is 17.0. The van der Waals surface area contributed by atoms with Gasteiger partial charge in [-0.1, -0.05) is 11.6 Å². The summed E-state index contributed by atoms with van der Waals surface area (Å²) in [5.41, 5.74) is 0.983. The van der Waals surface area contributed by atoms with Gasteiger partial charge in [-0.15, -0.1) is 11.6 Å². The van der Waals surface area contributed by atoms with Crippen molar-refractivity contribution in [1.82, 2.24) is 9.97 Å². The van der Waals surface area contributed by atoms with E-state index in [0.29, 0.717) is 16.9 Å². The molecule has 1 heterocycles. The molecule has 0 unspecified atom stereocenters. The monoisotopic (exact) mass is 245 g/mol. The average Bonchev–Trinajstić information content (AvgIpc) is 2.58. The standard InChI is InChI=1S/C8H5Cl2N3O2/c9-3-8-11-5-1-4(10)7(13(14)15)2-6(5)12-8/h1-2H,3H2,(H,11,12). The molecule has 0 amide bonds. The van der Waals surface area contributed by atoms with Gasteiger partial charge in [0.05, 0.1) is 21.8 Å². The minimum atomic E-state index is -0.539. The molecule has 1 aromatic heterocycles. The molecule has 0 aliphatic rings. The molecule has 0 fully saturated rings. The molecule has 0 saturated carbocycles. The van der Waals surface area contributed by atoms with E-state index < -0.39 is 4.92 Å². The molecule has 15 heavy (non-hydrogen) atoms. The molecule has 0 bridgehead atoms. The van der Waals surface area contributed by atoms with E-state index in [-0.39, 0.29) is 16.6 Å². The highest BCUT2D eigenvalue weighted by Crippen LogP contribution is 2.28. The molecule has 0 aliphatic heterocycles. The summed E-state index contributed by atoms with van der Waals surface area (Å²) in [5.74, 6) is 0.781. The Morgan fingerprint density at radius 2 is 2.27 bits per heavy atom. The third-order valence-electron chi connectivity index (χ3n) is 1.92. The summed E-state index contributed by atoms with van der Waals surface area (Å²) in [6.45, 7) is 0. The molecule has 2 rings (SSSR count). The van der Waals surface area contributed by atoms with Crippen molar-refractivity contribution in [1.29, 1.82) is 0 Å². The van der Waals surface area contributed by atoms with Crippen molar-refractivity contribution in [2.75, 3.05) is 0 Å². The molecule has 7 heteroatoms. The first-order valence-electron chi connectivity index (χ1n) is 4.00. The van der Waals surface area contributed by atoms with Gasteiger partial charge in [-0.2, -0.15) is 0 Å². The topological polar surface area (TPSA) is 71.8 Å². The molecule has 0 spiro atoms. The third-order valence-corrected chi connectivity index (χ3v) is 2.48. The minimum Gasteiger partial charge on any atom is -0.341 e. The Kier molecular flexibility index (Phi) is 2.50. The Morgan fingerprint density at radius 1 is 1.53 bits per heavy atom. The Morgan fingerprint density at radius 3 is 2.87 bits per heavy atom. The van der Waals surface area contributed by atoms with Gasteiger partial charge in [0.2, 0.25) is 0 Å². The number of imidazole rings is 1. The Bertz CT molecular complexity index is 538. The van der Waals surface area contributed by atoms with Crippen molar-refractivity contribution in [2.24, 2.45) is 0 Å². The van der Waals surface area contributed by atoms with Gasteiger partial charge >= 0.3 is 0 Å². The highest BCUT2D eigenvalue weighted by atomic mass is 35.5. The first kappa shape index (κ1) is 10.2. The SMILES string of the molecule is O=[N+]([O-])c1cc2[nH]c(CCl)nc2cc1Cl. The van der Waals surface area contributed by atoms with Gasteiger partial charge in [-0.25, -0.2) is 4.98 Å². The molecule has 0 aliphatic carbocycles. The van der Waals surface area contributed by atoms with Crippen molar-refractivity contribution >= 4 is 39.9 Å². The van der Waals surface area contributed by atoms with E-state index in [0.717, 1.165) is 0 Å². The maximum atomic E-state index is 10.6. The first-order chi connectivity index (χ1) is 7.11. The summed E-state index contributed by atoms with van der Waals surface area (Å²) < 4.78 is 0. The van der Waals surface area contributed by atoms with Crippen LogP contribution in [0.5, 0.6) is 0 Å². The van der Waals surface area contributed by atoms with Gasteiger partial charge in [-0.05, 0) is 6.07 Å². The maximum Gasteiger partial charge on any atom is 0.290 e. The van der Waals surface area contributed by atoms with Gasteiger partial charge in [0, 0.05) is 6.07 Å². The van der Waals surface area contributed by atoms with Crippen LogP contribution in [0.4, 0.5) is 5.69 Å². The second-order valence-corrected chi connectivity index (χ2v) is 3.57. The zero-order valence-corrected chi connectivity index (χ0v) is 8.84. The number of nitrogens with one attached hydrogen (secondary N) is 1. The third kappa shape index (κ3) is 1.75. The fourth-order valence-electron chi connectivity index (χ4n) is 1.28. The van der Waals surface area contributed by atoms with E-state index in [1.54, 1.807) is 0 Å². The number of fused-ring (bicyclic) bond motifs is 1. The smallest absolute Gasteiger partial charge is 0.290 e. The highest BCUT2D eigenvalue weighted by molar-refractivity contribution is 6.33. The van der Waals surface area contributed by atoms with Gasteiger partial charge in [0.1, 0.15) is 10.8 Å². The van der Waals surface area contributed by atoms with Crippen molar-refractivity contribution in [3.05, 3.63) is 33.1 Å². The number of nitro benzene ring substituents is 1. The fraction of sp³-hybridized carbons (Fsp3) is 0.125. The van der Waals surface area contributed by atoms with Crippen LogP contribution >= 0.6 is 23.2 Å². The summed E-state index contributed by atoms with van der Waals surface area (Å²) >= 11 is 11.3. The number of aromatic nitrogens is 2. The highest BCUT2D eigenvalue weighted by Gasteiger charge is 2.15. The molecule has 1 aromatic carbocycles. The molecule has 1 N–H and O–H groups in total. The summed E-state index contributed by atoms with van der Waals surface area (Å²) in [6.07, 6.45) is 0. The Labute approximate surface area is 94.2 Å². The molecule has 2 aromatic rings. The van der Waals surface area contributed by atoms with Crippen LogP contribution in [0.25, 0.3) is 11.0 Å². The zero-order chi connectivity index (χ0) is 11.0. The number of benzene rings is 1. The molecule has 78 valence electrons. The van der Waals surface area contributed by atoms with Crippen molar-refractivity contribution in [2.45, 2.75) is 5.88 Å². The summed E-state index contributed by atoms with van der Waals surface area (Å²) in [6, 6.07) is 2.79. The number of nitrogens with zero attached hydrogens (tertiary/aromatic N) is 2. The number of H-pyrrole nitrogens is 1. The van der Waals surface area contributed by atoms with Crippen molar-refractivity contribution < 1.29 is 4.92 Å². The van der Waals surface area contributed by atoms with E-state index in [2.05, 4.69) is 9.97 Å². The number of hydrogen-bond donors (Lipinski definition) is 1. The van der Waals surface area contributed by atoms with Crippen LogP contribution in [0.1, 0.15) is 5.82 Å².